The fourth-order valence-electron chi connectivity index (χ4n) is 2.62. The highest BCUT2D eigenvalue weighted by atomic mass is 32.2. The molecule has 0 spiro atoms. The van der Waals surface area contributed by atoms with E-state index in [0.717, 1.165) is 9.87 Å². The Morgan fingerprint density at radius 2 is 1.71 bits per heavy atom. The number of aryl methyl sites for hydroxylation is 1. The Morgan fingerprint density at radius 3 is 2.29 bits per heavy atom. The Morgan fingerprint density at radius 1 is 1.04 bits per heavy atom. The molecule has 0 bridgehead atoms. The van der Waals surface area contributed by atoms with E-state index in [2.05, 4.69) is 0 Å². The molecule has 2 aromatic carbocycles. The molecule has 0 radical (unpaired) electrons. The molecule has 0 N–H and O–H groups in total. The van der Waals surface area contributed by atoms with Crippen molar-refractivity contribution in [1.82, 2.24) is 0 Å². The standard InChI is InChI=1S/C20H25NO6S/c1-5-26-16-8-10-17(11-9-16)28(23,24)21(14-20(22)27-6-2)18-13-15(3)7-12-19(18)25-4/h7-13H,5-6,14H2,1-4H3. The predicted octanol–water partition coefficient (Wildman–Crippen LogP) is 3.16. The highest BCUT2D eigenvalue weighted by Gasteiger charge is 2.30. The zero-order valence-electron chi connectivity index (χ0n) is 16.5. The number of benzene rings is 2. The first-order valence-corrected chi connectivity index (χ1v) is 10.3. The Labute approximate surface area is 165 Å². The van der Waals surface area contributed by atoms with Gasteiger partial charge < -0.3 is 14.2 Å². The molecule has 0 heterocycles. The average Bonchev–Trinajstić information content (AvgIpc) is 2.67. The van der Waals surface area contributed by atoms with Crippen molar-refractivity contribution in [1.29, 1.82) is 0 Å². The van der Waals surface area contributed by atoms with Gasteiger partial charge in [-0.2, -0.15) is 0 Å². The van der Waals surface area contributed by atoms with Gasteiger partial charge in [0.2, 0.25) is 0 Å². The molecule has 28 heavy (non-hydrogen) atoms. The summed E-state index contributed by atoms with van der Waals surface area (Å²) < 4.78 is 43.4. The van der Waals surface area contributed by atoms with Crippen LogP contribution in [-0.2, 0) is 19.6 Å². The van der Waals surface area contributed by atoms with Gasteiger partial charge in [0.15, 0.2) is 0 Å². The molecule has 0 saturated carbocycles. The van der Waals surface area contributed by atoms with Crippen molar-refractivity contribution in [2.45, 2.75) is 25.7 Å². The lowest BCUT2D eigenvalue weighted by Gasteiger charge is -2.25. The largest absolute Gasteiger partial charge is 0.495 e. The average molecular weight is 407 g/mol. The summed E-state index contributed by atoms with van der Waals surface area (Å²) in [5.41, 5.74) is 1.09. The van der Waals surface area contributed by atoms with Gasteiger partial charge in [0, 0.05) is 0 Å². The summed E-state index contributed by atoms with van der Waals surface area (Å²) in [6.45, 7) is 5.49. The molecule has 2 aromatic rings. The van der Waals surface area contributed by atoms with Crippen LogP contribution in [-0.4, -0.2) is 41.3 Å². The Hall–Kier alpha value is -2.74. The second-order valence-corrected chi connectivity index (χ2v) is 7.76. The van der Waals surface area contributed by atoms with Crippen LogP contribution in [0.4, 0.5) is 5.69 Å². The quantitative estimate of drug-likeness (QED) is 0.594. The van der Waals surface area contributed by atoms with Crippen molar-refractivity contribution in [3.63, 3.8) is 0 Å². The lowest BCUT2D eigenvalue weighted by Crippen LogP contribution is -2.37. The van der Waals surface area contributed by atoms with Gasteiger partial charge in [0.1, 0.15) is 18.0 Å². The van der Waals surface area contributed by atoms with Gasteiger partial charge >= 0.3 is 5.97 Å². The number of carbonyl (C=O) groups excluding carboxylic acids is 1. The van der Waals surface area contributed by atoms with E-state index < -0.39 is 22.5 Å². The number of rotatable bonds is 9. The summed E-state index contributed by atoms with van der Waals surface area (Å²) >= 11 is 0. The number of hydrogen-bond donors (Lipinski definition) is 0. The van der Waals surface area contributed by atoms with Gasteiger partial charge in [-0.05, 0) is 62.7 Å². The van der Waals surface area contributed by atoms with E-state index in [9.17, 15) is 13.2 Å². The number of esters is 1. The number of carbonyl (C=O) groups is 1. The summed E-state index contributed by atoms with van der Waals surface area (Å²) in [7, 11) is -2.61. The minimum absolute atomic E-state index is 0.0313. The molecule has 0 aliphatic rings. The van der Waals surface area contributed by atoms with Crippen LogP contribution in [0.25, 0.3) is 0 Å². The van der Waals surface area contributed by atoms with E-state index in [1.807, 2.05) is 13.8 Å². The number of nitrogens with zero attached hydrogens (tertiary/aromatic N) is 1. The van der Waals surface area contributed by atoms with E-state index in [-0.39, 0.29) is 17.2 Å². The molecule has 0 atom stereocenters. The van der Waals surface area contributed by atoms with Gasteiger partial charge in [0.25, 0.3) is 10.0 Å². The van der Waals surface area contributed by atoms with Gasteiger partial charge in [-0.25, -0.2) is 8.42 Å². The zero-order chi connectivity index (χ0) is 20.7. The van der Waals surface area contributed by atoms with Crippen LogP contribution in [0.2, 0.25) is 0 Å². The van der Waals surface area contributed by atoms with Crippen LogP contribution >= 0.6 is 0 Å². The van der Waals surface area contributed by atoms with Crippen molar-refractivity contribution >= 4 is 21.7 Å². The Balaban J connectivity index is 2.54. The monoisotopic (exact) mass is 407 g/mol. The molecule has 0 saturated heterocycles. The number of methoxy groups -OCH3 is 1. The van der Waals surface area contributed by atoms with Crippen molar-refractivity contribution in [2.75, 3.05) is 31.2 Å². The first-order chi connectivity index (χ1) is 13.3. The summed E-state index contributed by atoms with van der Waals surface area (Å²) in [5, 5.41) is 0. The lowest BCUT2D eigenvalue weighted by molar-refractivity contribution is -0.141. The van der Waals surface area contributed by atoms with E-state index in [0.29, 0.717) is 18.1 Å². The van der Waals surface area contributed by atoms with Crippen molar-refractivity contribution in [3.05, 3.63) is 48.0 Å². The molecule has 0 aliphatic heterocycles. The third-order valence-corrected chi connectivity index (χ3v) is 5.68. The first kappa shape index (κ1) is 21.6. The van der Waals surface area contributed by atoms with Crippen LogP contribution in [0.3, 0.4) is 0 Å². The SMILES string of the molecule is CCOC(=O)CN(c1cc(C)ccc1OC)S(=O)(=O)c1ccc(OCC)cc1. The van der Waals surface area contributed by atoms with E-state index >= 15 is 0 Å². The Kier molecular flexibility index (Phi) is 7.28. The van der Waals surface area contributed by atoms with Crippen molar-refractivity contribution in [2.24, 2.45) is 0 Å². The molecule has 2 rings (SSSR count). The maximum Gasteiger partial charge on any atom is 0.326 e. The predicted molar refractivity (Wildman–Crippen MR) is 107 cm³/mol. The topological polar surface area (TPSA) is 82.1 Å². The molecule has 8 heteroatoms. The summed E-state index contributed by atoms with van der Waals surface area (Å²) in [4.78, 5) is 12.2. The van der Waals surface area contributed by atoms with Crippen LogP contribution in [0.15, 0.2) is 47.4 Å². The fourth-order valence-corrected chi connectivity index (χ4v) is 4.03. The smallest absolute Gasteiger partial charge is 0.326 e. The first-order valence-electron chi connectivity index (χ1n) is 8.89. The van der Waals surface area contributed by atoms with Crippen LogP contribution in [0.5, 0.6) is 11.5 Å². The van der Waals surface area contributed by atoms with Gasteiger partial charge in [-0.15, -0.1) is 0 Å². The number of ether oxygens (including phenoxy) is 3. The Bertz CT molecular complexity index is 909. The van der Waals surface area contributed by atoms with Gasteiger partial charge in [-0.3, -0.25) is 9.10 Å². The second kappa shape index (κ2) is 9.45. The van der Waals surface area contributed by atoms with Crippen LogP contribution < -0.4 is 13.8 Å². The molecule has 0 amide bonds. The fraction of sp³-hybridized carbons (Fsp3) is 0.350. The minimum atomic E-state index is -4.05. The molecule has 0 aromatic heterocycles. The molecular weight excluding hydrogens is 382 g/mol. The maximum atomic E-state index is 13.3. The molecule has 0 unspecified atom stereocenters. The normalized spacial score (nSPS) is 11.0. The lowest BCUT2D eigenvalue weighted by atomic mass is 10.2. The molecular formula is C20H25NO6S. The third kappa shape index (κ3) is 4.95. The van der Waals surface area contributed by atoms with Crippen LogP contribution in [0, 0.1) is 6.92 Å². The van der Waals surface area contributed by atoms with Crippen molar-refractivity contribution in [3.8, 4) is 11.5 Å². The van der Waals surface area contributed by atoms with Crippen LogP contribution in [0.1, 0.15) is 19.4 Å². The maximum absolute atomic E-state index is 13.3. The van der Waals surface area contributed by atoms with E-state index in [1.165, 1.54) is 19.2 Å². The summed E-state index contributed by atoms with van der Waals surface area (Å²) in [5.74, 6) is 0.247. The molecule has 0 aliphatic carbocycles. The number of hydrogen-bond acceptors (Lipinski definition) is 6. The minimum Gasteiger partial charge on any atom is -0.495 e. The molecule has 152 valence electrons. The van der Waals surface area contributed by atoms with Crippen molar-refractivity contribution < 1.29 is 27.4 Å². The summed E-state index contributed by atoms with van der Waals surface area (Å²) in [6, 6.07) is 11.2. The highest BCUT2D eigenvalue weighted by Crippen LogP contribution is 2.33. The molecule has 0 fully saturated rings. The highest BCUT2D eigenvalue weighted by molar-refractivity contribution is 7.92. The van der Waals surface area contributed by atoms with Gasteiger partial charge in [0.05, 0.1) is 30.9 Å². The molecule has 7 nitrogen and oxygen atoms in total. The second-order valence-electron chi connectivity index (χ2n) is 5.90. The van der Waals surface area contributed by atoms with Gasteiger partial charge in [-0.1, -0.05) is 6.07 Å². The number of anilines is 1. The van der Waals surface area contributed by atoms with E-state index in [1.54, 1.807) is 37.3 Å². The van der Waals surface area contributed by atoms with E-state index in [4.69, 9.17) is 14.2 Å². The third-order valence-electron chi connectivity index (χ3n) is 3.90. The zero-order valence-corrected chi connectivity index (χ0v) is 17.3. The number of sulfonamides is 1. The summed E-state index contributed by atoms with van der Waals surface area (Å²) in [6.07, 6.45) is 0.